The Morgan fingerprint density at radius 3 is 1.20 bits per heavy atom. The molecule has 0 amide bonds. The predicted molar refractivity (Wildman–Crippen MR) is 29.3 cm³/mol. The van der Waals surface area contributed by atoms with Crippen molar-refractivity contribution in [2.24, 2.45) is 0 Å². The molecule has 0 nitrogen and oxygen atoms in total. The summed E-state index contributed by atoms with van der Waals surface area (Å²) in [5.41, 5.74) is 0. The first-order valence-electron chi connectivity index (χ1n) is 0. The third-order valence-electron chi connectivity index (χ3n) is 0. The van der Waals surface area contributed by atoms with Crippen LogP contribution in [0.5, 0.6) is 0 Å². The zero-order valence-electron chi connectivity index (χ0n) is 3.56. The maximum absolute atomic E-state index is 0. The van der Waals surface area contributed by atoms with Crippen molar-refractivity contribution in [1.82, 2.24) is 0 Å². The van der Waals surface area contributed by atoms with Gasteiger partial charge in [0.1, 0.15) is 0 Å². The second-order valence-electron chi connectivity index (χ2n) is 0. The van der Waals surface area contributed by atoms with Crippen LogP contribution < -0.4 is 18.9 Å². The van der Waals surface area contributed by atoms with Crippen molar-refractivity contribution in [2.75, 3.05) is 0 Å². The van der Waals surface area contributed by atoms with E-state index < -0.39 is 0 Å². The van der Waals surface area contributed by atoms with E-state index in [9.17, 15) is 0 Å². The van der Waals surface area contributed by atoms with Gasteiger partial charge in [-0.3, -0.25) is 0 Å². The second-order valence-corrected chi connectivity index (χ2v) is 0. The molecule has 0 rings (SSSR count). The molecule has 0 fully saturated rings. The summed E-state index contributed by atoms with van der Waals surface area (Å²) in [5, 5.41) is 0. The topological polar surface area (TPSA) is 0 Å². The van der Waals surface area contributed by atoms with E-state index in [2.05, 4.69) is 0 Å². The first-order chi connectivity index (χ1) is 0. The van der Waals surface area contributed by atoms with Crippen molar-refractivity contribution >= 4 is 23.4 Å². The molecule has 0 bridgehead atoms. The van der Waals surface area contributed by atoms with Gasteiger partial charge in [-0.05, 0) is 0 Å². The zero-order valence-corrected chi connectivity index (χ0v) is 6.08. The molecule has 0 aromatic rings. The van der Waals surface area contributed by atoms with Gasteiger partial charge >= 0.3 is 18.9 Å². The molecule has 0 aliphatic carbocycles. The van der Waals surface area contributed by atoms with Crippen LogP contribution in [0.2, 0.25) is 0 Å². The largest absolute Gasteiger partial charge is 1.00 e. The van der Waals surface area contributed by atoms with Gasteiger partial charge in [-0.2, -0.15) is 23.4 Å². The van der Waals surface area contributed by atoms with Crippen LogP contribution in [0.3, 0.4) is 0 Å². The summed E-state index contributed by atoms with van der Waals surface area (Å²) >= 11 is 0. The van der Waals surface area contributed by atoms with Gasteiger partial charge in [0.25, 0.3) is 0 Å². The van der Waals surface area contributed by atoms with Crippen molar-refractivity contribution in [3.8, 4) is 0 Å². The van der Waals surface area contributed by atoms with Gasteiger partial charge in [-0.25, -0.2) is 0 Å². The Bertz CT molecular complexity index is 15.5. The van der Waals surface area contributed by atoms with Gasteiger partial charge in [0, 0.05) is 17.1 Å². The van der Waals surface area contributed by atoms with E-state index in [-0.39, 0.29) is 68.2 Å². The van der Waals surface area contributed by atoms with Crippen LogP contribution in [0.25, 0.3) is 0 Å². The molecule has 0 aliphatic heterocycles. The number of hydrogen-bond acceptors (Lipinski definition) is 0. The average molecular weight is 148 g/mol. The molecule has 0 heterocycles. The molecular weight excluding hydrogens is 138 g/mol. The van der Waals surface area contributed by atoms with E-state index in [1.165, 1.54) is 0 Å². The molecule has 0 aromatic carbocycles. The molecule has 4 heteroatoms. The molecule has 5 heavy (non-hydrogen) atoms. The van der Waals surface area contributed by atoms with Crippen LogP contribution in [0.1, 0.15) is 8.85 Å². The van der Waals surface area contributed by atoms with E-state index in [4.69, 9.17) is 0 Å². The van der Waals surface area contributed by atoms with Crippen molar-refractivity contribution in [1.29, 1.82) is 0 Å². The Hall–Kier alpha value is 1.90. The van der Waals surface area contributed by atoms with Gasteiger partial charge < -0.3 is 1.43 Å². The van der Waals surface area contributed by atoms with E-state index in [1.54, 1.807) is 0 Å². The number of hydrogen-bond donors (Lipinski definition) is 0. The van der Waals surface area contributed by atoms with Gasteiger partial charge in [-0.1, -0.05) is 7.43 Å². The first kappa shape index (κ1) is 66.7. The summed E-state index contributed by atoms with van der Waals surface area (Å²) in [6, 6.07) is 0. The molecule has 34 valence electrons. The van der Waals surface area contributed by atoms with Crippen molar-refractivity contribution in [3.05, 3.63) is 0 Å². The Morgan fingerprint density at radius 1 is 1.20 bits per heavy atom. The zero-order chi connectivity index (χ0) is 0. The van der Waals surface area contributed by atoms with Gasteiger partial charge in [0.15, 0.2) is 0 Å². The van der Waals surface area contributed by atoms with Crippen LogP contribution in [0.15, 0.2) is 0 Å². The summed E-state index contributed by atoms with van der Waals surface area (Å²) in [6.45, 7) is 0. The third-order valence-corrected chi connectivity index (χ3v) is 0. The minimum absolute atomic E-state index is 0. The quantitative estimate of drug-likeness (QED) is 0.273. The summed E-state index contributed by atoms with van der Waals surface area (Å²) in [7, 11) is 0. The van der Waals surface area contributed by atoms with Crippen LogP contribution in [-0.4, -0.2) is 0 Å². The van der Waals surface area contributed by atoms with Crippen LogP contribution in [0, 0.1) is 0 Å². The molecule has 0 saturated carbocycles. The van der Waals surface area contributed by atoms with Crippen LogP contribution in [0.4, 0.5) is 0 Å². The minimum Gasteiger partial charge on any atom is -1.00 e. The fourth-order valence-corrected chi connectivity index (χ4v) is 0. The van der Waals surface area contributed by atoms with E-state index in [0.29, 0.717) is 0 Å². The van der Waals surface area contributed by atoms with Crippen LogP contribution in [-0.2, 0) is 17.1 Å². The monoisotopic (exact) mass is 148 g/mol. The summed E-state index contributed by atoms with van der Waals surface area (Å²) in [5.74, 6) is 0. The van der Waals surface area contributed by atoms with E-state index >= 15 is 0 Å². The molecule has 0 aliphatic rings. The Labute approximate surface area is 68.1 Å². The Kier molecular flexibility index (Phi) is 524. The number of rotatable bonds is 0. The van der Waals surface area contributed by atoms with E-state index in [1.807, 2.05) is 0 Å². The molecule has 0 N–H and O–H groups in total. The standard InChI is InChI=1S/CH4.Fe.Li.H3P.H2S.H/h1H4;;;1H3;1H2;/q;;+1;;;-1. The molecule has 0 saturated heterocycles. The third kappa shape index (κ3) is 24.9. The normalized spacial score (nSPS) is 0. The first-order valence-corrected chi connectivity index (χ1v) is 0. The minimum atomic E-state index is 0. The Balaban J connectivity index is 0. The maximum Gasteiger partial charge on any atom is 1.00 e. The SMILES string of the molecule is C.P.S.[Fe].[H-].[Li+]. The predicted octanol–water partition coefficient (Wildman–Crippen LogP) is -2.08. The van der Waals surface area contributed by atoms with Crippen LogP contribution >= 0.6 is 23.4 Å². The molecule has 0 spiro atoms. The van der Waals surface area contributed by atoms with Crippen molar-refractivity contribution < 1.29 is 37.4 Å². The molecule has 0 radical (unpaired) electrons. The van der Waals surface area contributed by atoms with Gasteiger partial charge in [0.2, 0.25) is 0 Å². The maximum atomic E-state index is 0. The Morgan fingerprint density at radius 2 is 1.20 bits per heavy atom. The average Bonchev–Trinajstić information content (AvgIpc) is 0. The van der Waals surface area contributed by atoms with Crippen molar-refractivity contribution in [2.45, 2.75) is 7.43 Å². The second kappa shape index (κ2) is 39.3. The summed E-state index contributed by atoms with van der Waals surface area (Å²) < 4.78 is 0. The molecule has 1 unspecified atom stereocenters. The van der Waals surface area contributed by atoms with E-state index in [0.717, 1.165) is 0 Å². The fourth-order valence-electron chi connectivity index (χ4n) is 0. The van der Waals surface area contributed by atoms with Crippen molar-refractivity contribution in [3.63, 3.8) is 0 Å². The molecule has 1 atom stereocenters. The summed E-state index contributed by atoms with van der Waals surface area (Å²) in [4.78, 5) is 0. The van der Waals surface area contributed by atoms with Gasteiger partial charge in [0.05, 0.1) is 0 Å². The fraction of sp³-hybridized carbons (Fsp3) is 1.00. The molecular formula is CH10FeLiPS. The summed E-state index contributed by atoms with van der Waals surface area (Å²) in [6.07, 6.45) is 0. The smallest absolute Gasteiger partial charge is 1.00 e. The molecule has 0 aromatic heterocycles. The van der Waals surface area contributed by atoms with Gasteiger partial charge in [-0.15, -0.1) is 0 Å².